The molecule has 0 saturated heterocycles. The van der Waals surface area contributed by atoms with Crippen LogP contribution in [0.25, 0.3) is 5.69 Å². The largest absolute Gasteiger partial charge is 0.416 e. The molecular formula is C19H17F3N4O. The first kappa shape index (κ1) is 18.6. The topological polar surface area (TPSA) is 59.8 Å². The predicted octanol–water partition coefficient (Wildman–Crippen LogP) is 3.83. The van der Waals surface area contributed by atoms with Gasteiger partial charge < -0.3 is 5.32 Å². The van der Waals surface area contributed by atoms with Crippen LogP contribution >= 0.6 is 0 Å². The second-order valence-corrected chi connectivity index (χ2v) is 6.28. The molecule has 27 heavy (non-hydrogen) atoms. The van der Waals surface area contributed by atoms with Crippen molar-refractivity contribution in [2.45, 2.75) is 26.6 Å². The molecule has 0 unspecified atom stereocenters. The molecule has 0 aliphatic rings. The van der Waals surface area contributed by atoms with E-state index in [9.17, 15) is 18.0 Å². The number of nitrogens with zero attached hydrogens (tertiary/aromatic N) is 3. The lowest BCUT2D eigenvalue weighted by atomic mass is 10.1. The zero-order chi connectivity index (χ0) is 19.6. The molecule has 2 aromatic carbocycles. The summed E-state index contributed by atoms with van der Waals surface area (Å²) in [5.41, 5.74) is 2.56. The molecule has 1 heterocycles. The molecule has 1 N–H and O–H groups in total. The van der Waals surface area contributed by atoms with Crippen LogP contribution in [0.1, 0.15) is 32.7 Å². The Kier molecular flexibility index (Phi) is 4.98. The van der Waals surface area contributed by atoms with Gasteiger partial charge in [0.2, 0.25) is 0 Å². The molecule has 3 aromatic rings. The van der Waals surface area contributed by atoms with E-state index in [4.69, 9.17) is 0 Å². The zero-order valence-electron chi connectivity index (χ0n) is 14.7. The molecule has 0 spiro atoms. The quantitative estimate of drug-likeness (QED) is 0.755. The van der Waals surface area contributed by atoms with Crippen LogP contribution in [0.2, 0.25) is 0 Å². The summed E-state index contributed by atoms with van der Waals surface area (Å²) in [7, 11) is 0. The highest BCUT2D eigenvalue weighted by molar-refractivity contribution is 5.91. The predicted molar refractivity (Wildman–Crippen MR) is 93.4 cm³/mol. The number of carbonyl (C=O) groups is 1. The Balaban J connectivity index is 1.70. The molecular weight excluding hydrogens is 357 g/mol. The summed E-state index contributed by atoms with van der Waals surface area (Å²) in [6, 6.07) is 10.6. The highest BCUT2D eigenvalue weighted by Gasteiger charge is 2.30. The number of aromatic nitrogens is 3. The van der Waals surface area contributed by atoms with E-state index in [-0.39, 0.29) is 12.2 Å². The minimum atomic E-state index is -4.42. The van der Waals surface area contributed by atoms with Crippen molar-refractivity contribution in [2.75, 3.05) is 0 Å². The SMILES string of the molecule is Cc1cc(C)cc(-n2cc(C(=O)NCc3cccc(C(F)(F)F)c3)nn2)c1. The summed E-state index contributed by atoms with van der Waals surface area (Å²) in [6.45, 7) is 3.87. The van der Waals surface area contributed by atoms with Gasteiger partial charge >= 0.3 is 6.18 Å². The van der Waals surface area contributed by atoms with Crippen LogP contribution in [0, 0.1) is 13.8 Å². The smallest absolute Gasteiger partial charge is 0.347 e. The Bertz CT molecular complexity index is 959. The van der Waals surface area contributed by atoms with Gasteiger partial charge in [-0.1, -0.05) is 23.4 Å². The van der Waals surface area contributed by atoms with Crippen molar-refractivity contribution >= 4 is 5.91 Å². The minimum Gasteiger partial charge on any atom is -0.347 e. The zero-order valence-corrected chi connectivity index (χ0v) is 14.7. The molecule has 0 atom stereocenters. The fourth-order valence-corrected chi connectivity index (χ4v) is 2.71. The molecule has 3 rings (SSSR count). The van der Waals surface area contributed by atoms with E-state index in [1.807, 2.05) is 32.0 Å². The van der Waals surface area contributed by atoms with E-state index in [2.05, 4.69) is 15.6 Å². The number of alkyl halides is 3. The summed E-state index contributed by atoms with van der Waals surface area (Å²) < 4.78 is 39.7. The lowest BCUT2D eigenvalue weighted by molar-refractivity contribution is -0.137. The molecule has 8 heteroatoms. The summed E-state index contributed by atoms with van der Waals surface area (Å²) >= 11 is 0. The average molecular weight is 374 g/mol. The highest BCUT2D eigenvalue weighted by Crippen LogP contribution is 2.29. The number of halogens is 3. The molecule has 140 valence electrons. The van der Waals surface area contributed by atoms with Gasteiger partial charge in [0.1, 0.15) is 0 Å². The molecule has 0 fully saturated rings. The molecule has 1 amide bonds. The van der Waals surface area contributed by atoms with Crippen molar-refractivity contribution in [3.8, 4) is 5.69 Å². The first-order valence-electron chi connectivity index (χ1n) is 8.18. The molecule has 1 aromatic heterocycles. The van der Waals surface area contributed by atoms with Crippen molar-refractivity contribution < 1.29 is 18.0 Å². The van der Waals surface area contributed by atoms with Gasteiger partial charge in [0.05, 0.1) is 17.4 Å². The van der Waals surface area contributed by atoms with Crippen molar-refractivity contribution in [3.63, 3.8) is 0 Å². The van der Waals surface area contributed by atoms with E-state index < -0.39 is 17.6 Å². The van der Waals surface area contributed by atoms with Crippen LogP contribution in [-0.4, -0.2) is 20.9 Å². The Hall–Kier alpha value is -3.16. The van der Waals surface area contributed by atoms with Crippen LogP contribution in [0.3, 0.4) is 0 Å². The third-order valence-electron chi connectivity index (χ3n) is 3.90. The number of hydrogen-bond donors (Lipinski definition) is 1. The minimum absolute atomic E-state index is 0.0425. The van der Waals surface area contributed by atoms with E-state index in [0.717, 1.165) is 28.9 Å². The number of rotatable bonds is 4. The summed E-state index contributed by atoms with van der Waals surface area (Å²) in [5.74, 6) is -0.511. The highest BCUT2D eigenvalue weighted by atomic mass is 19.4. The number of amides is 1. The third-order valence-corrected chi connectivity index (χ3v) is 3.90. The van der Waals surface area contributed by atoms with Crippen LogP contribution < -0.4 is 5.32 Å². The number of carbonyl (C=O) groups excluding carboxylic acids is 1. The van der Waals surface area contributed by atoms with Crippen molar-refractivity contribution in [2.24, 2.45) is 0 Å². The van der Waals surface area contributed by atoms with Gasteiger partial charge in [-0.15, -0.1) is 5.10 Å². The maximum absolute atomic E-state index is 12.7. The number of hydrogen-bond acceptors (Lipinski definition) is 3. The first-order chi connectivity index (χ1) is 12.7. The van der Waals surface area contributed by atoms with Gasteiger partial charge in [-0.3, -0.25) is 4.79 Å². The number of nitrogens with one attached hydrogen (secondary N) is 1. The maximum Gasteiger partial charge on any atom is 0.416 e. The van der Waals surface area contributed by atoms with E-state index in [1.165, 1.54) is 23.0 Å². The van der Waals surface area contributed by atoms with E-state index in [0.29, 0.717) is 5.56 Å². The molecule has 0 bridgehead atoms. The van der Waals surface area contributed by atoms with Gasteiger partial charge in [0.15, 0.2) is 5.69 Å². The van der Waals surface area contributed by atoms with E-state index in [1.54, 1.807) is 0 Å². The fraction of sp³-hybridized carbons (Fsp3) is 0.211. The number of aryl methyl sites for hydroxylation is 2. The van der Waals surface area contributed by atoms with Crippen molar-refractivity contribution in [1.82, 2.24) is 20.3 Å². The maximum atomic E-state index is 12.7. The Morgan fingerprint density at radius 3 is 2.48 bits per heavy atom. The lowest BCUT2D eigenvalue weighted by Gasteiger charge is -2.09. The Morgan fingerprint density at radius 1 is 1.11 bits per heavy atom. The van der Waals surface area contributed by atoms with Gasteiger partial charge in [-0.2, -0.15) is 13.2 Å². The second-order valence-electron chi connectivity index (χ2n) is 6.28. The summed E-state index contributed by atoms with van der Waals surface area (Å²) in [4.78, 5) is 12.2. The average Bonchev–Trinajstić information content (AvgIpc) is 3.08. The van der Waals surface area contributed by atoms with E-state index >= 15 is 0 Å². The number of benzene rings is 2. The van der Waals surface area contributed by atoms with Crippen LogP contribution in [0.4, 0.5) is 13.2 Å². The van der Waals surface area contributed by atoms with Gasteiger partial charge in [-0.05, 0) is 54.8 Å². The standard InChI is InChI=1S/C19H17F3N4O/c1-12-6-13(2)8-16(7-12)26-11-17(24-25-26)18(27)23-10-14-4-3-5-15(9-14)19(20,21)22/h3-9,11H,10H2,1-2H3,(H,23,27). The normalized spacial score (nSPS) is 11.4. The summed E-state index contributed by atoms with van der Waals surface area (Å²) in [5, 5.41) is 10.3. The Labute approximate surface area is 153 Å². The summed E-state index contributed by atoms with van der Waals surface area (Å²) in [6.07, 6.45) is -2.94. The van der Waals surface area contributed by atoms with Crippen molar-refractivity contribution in [1.29, 1.82) is 0 Å². The molecule has 0 aliphatic heterocycles. The van der Waals surface area contributed by atoms with Crippen LogP contribution in [-0.2, 0) is 12.7 Å². The molecule has 0 radical (unpaired) electrons. The lowest BCUT2D eigenvalue weighted by Crippen LogP contribution is -2.23. The van der Waals surface area contributed by atoms with Crippen LogP contribution in [0.15, 0.2) is 48.7 Å². The first-order valence-corrected chi connectivity index (χ1v) is 8.18. The second kappa shape index (κ2) is 7.22. The molecule has 5 nitrogen and oxygen atoms in total. The van der Waals surface area contributed by atoms with Gasteiger partial charge in [0, 0.05) is 6.54 Å². The third kappa shape index (κ3) is 4.52. The molecule has 0 aliphatic carbocycles. The monoisotopic (exact) mass is 374 g/mol. The van der Waals surface area contributed by atoms with Gasteiger partial charge in [0.25, 0.3) is 5.91 Å². The molecule has 0 saturated carbocycles. The van der Waals surface area contributed by atoms with Crippen molar-refractivity contribution in [3.05, 3.63) is 76.6 Å². The fourth-order valence-electron chi connectivity index (χ4n) is 2.71. The Morgan fingerprint density at radius 2 is 1.81 bits per heavy atom. The van der Waals surface area contributed by atoms with Gasteiger partial charge in [-0.25, -0.2) is 4.68 Å². The van der Waals surface area contributed by atoms with Crippen LogP contribution in [0.5, 0.6) is 0 Å².